The van der Waals surface area contributed by atoms with E-state index in [-0.39, 0.29) is 16.1 Å². The van der Waals surface area contributed by atoms with Gasteiger partial charge >= 0.3 is 0 Å². The lowest BCUT2D eigenvalue weighted by Crippen LogP contribution is -2.16. The van der Waals surface area contributed by atoms with Gasteiger partial charge in [-0.05, 0) is 36.5 Å². The molecule has 0 bridgehead atoms. The minimum Gasteiger partial charge on any atom is -0.398 e. The second-order valence-electron chi connectivity index (χ2n) is 5.67. The molecule has 0 amide bonds. The van der Waals surface area contributed by atoms with Gasteiger partial charge in [-0.25, -0.2) is 8.42 Å². The van der Waals surface area contributed by atoms with Crippen molar-refractivity contribution >= 4 is 15.5 Å². The van der Waals surface area contributed by atoms with E-state index < -0.39 is 9.84 Å². The third kappa shape index (κ3) is 4.04. The zero-order valence-electron chi connectivity index (χ0n) is 10.9. The molecule has 0 heterocycles. The highest BCUT2D eigenvalue weighted by molar-refractivity contribution is 7.91. The predicted molar refractivity (Wildman–Crippen MR) is 71.7 cm³/mol. The van der Waals surface area contributed by atoms with E-state index in [4.69, 9.17) is 5.73 Å². The third-order valence-electron chi connectivity index (χ3n) is 2.62. The molecule has 4 heteroatoms. The van der Waals surface area contributed by atoms with Crippen LogP contribution < -0.4 is 5.73 Å². The van der Waals surface area contributed by atoms with E-state index in [0.29, 0.717) is 12.1 Å². The molecule has 3 nitrogen and oxygen atoms in total. The highest BCUT2D eigenvalue weighted by Gasteiger charge is 2.21. The van der Waals surface area contributed by atoms with Crippen LogP contribution in [-0.2, 0) is 9.84 Å². The van der Waals surface area contributed by atoms with Crippen LogP contribution in [0.3, 0.4) is 0 Å². The molecule has 0 aromatic heterocycles. The lowest BCUT2D eigenvalue weighted by atomic mass is 9.94. The maximum atomic E-state index is 12.2. The average Bonchev–Trinajstić information content (AvgIpc) is 2.18. The maximum absolute atomic E-state index is 12.2. The van der Waals surface area contributed by atoms with E-state index in [1.54, 1.807) is 12.1 Å². The van der Waals surface area contributed by atoms with E-state index in [1.165, 1.54) is 0 Å². The highest BCUT2D eigenvalue weighted by atomic mass is 32.2. The van der Waals surface area contributed by atoms with E-state index in [1.807, 2.05) is 33.8 Å². The quantitative estimate of drug-likeness (QED) is 0.845. The van der Waals surface area contributed by atoms with E-state index in [9.17, 15) is 8.42 Å². The number of nitrogen functional groups attached to an aromatic ring is 1. The number of aryl methyl sites for hydroxylation is 1. The monoisotopic (exact) mass is 255 g/mol. The van der Waals surface area contributed by atoms with Crippen LogP contribution in [0.5, 0.6) is 0 Å². The molecule has 0 fully saturated rings. The molecule has 0 aliphatic heterocycles. The van der Waals surface area contributed by atoms with Crippen molar-refractivity contribution in [2.75, 3.05) is 11.5 Å². The number of anilines is 1. The van der Waals surface area contributed by atoms with Gasteiger partial charge in [0.2, 0.25) is 0 Å². The van der Waals surface area contributed by atoms with Crippen molar-refractivity contribution in [2.45, 2.75) is 39.0 Å². The SMILES string of the molecule is Cc1ccc(N)c(S(=O)(=O)CCC(C)(C)C)c1. The summed E-state index contributed by atoms with van der Waals surface area (Å²) in [6, 6.07) is 5.12. The van der Waals surface area contributed by atoms with Crippen molar-refractivity contribution in [3.63, 3.8) is 0 Å². The minimum atomic E-state index is -3.27. The van der Waals surface area contributed by atoms with Crippen LogP contribution in [0.2, 0.25) is 0 Å². The van der Waals surface area contributed by atoms with Gasteiger partial charge in [0, 0.05) is 0 Å². The van der Waals surface area contributed by atoms with Crippen molar-refractivity contribution in [3.8, 4) is 0 Å². The van der Waals surface area contributed by atoms with Gasteiger partial charge in [0.25, 0.3) is 0 Å². The summed E-state index contributed by atoms with van der Waals surface area (Å²) in [5.74, 6) is 0.143. The van der Waals surface area contributed by atoms with Crippen LogP contribution in [0.4, 0.5) is 5.69 Å². The van der Waals surface area contributed by atoms with Crippen molar-refractivity contribution in [3.05, 3.63) is 23.8 Å². The Labute approximate surface area is 104 Å². The molecule has 1 aromatic carbocycles. The zero-order valence-corrected chi connectivity index (χ0v) is 11.8. The number of hydrogen-bond acceptors (Lipinski definition) is 3. The summed E-state index contributed by atoms with van der Waals surface area (Å²) < 4.78 is 24.3. The van der Waals surface area contributed by atoms with Gasteiger partial charge in [-0.1, -0.05) is 26.8 Å². The summed E-state index contributed by atoms with van der Waals surface area (Å²) in [7, 11) is -3.27. The topological polar surface area (TPSA) is 60.2 Å². The van der Waals surface area contributed by atoms with Crippen LogP contribution in [0.15, 0.2) is 23.1 Å². The molecule has 0 saturated heterocycles. The summed E-state index contributed by atoms with van der Waals surface area (Å²) in [5, 5.41) is 0. The molecule has 2 N–H and O–H groups in total. The largest absolute Gasteiger partial charge is 0.398 e. The molecule has 1 rings (SSSR count). The van der Waals surface area contributed by atoms with Gasteiger partial charge in [-0.15, -0.1) is 0 Å². The van der Waals surface area contributed by atoms with Crippen LogP contribution in [0.1, 0.15) is 32.8 Å². The molecule has 17 heavy (non-hydrogen) atoms. The van der Waals surface area contributed by atoms with E-state index in [2.05, 4.69) is 0 Å². The number of hydrogen-bond donors (Lipinski definition) is 1. The van der Waals surface area contributed by atoms with Gasteiger partial charge in [0.05, 0.1) is 16.3 Å². The smallest absolute Gasteiger partial charge is 0.180 e. The van der Waals surface area contributed by atoms with Crippen LogP contribution in [-0.4, -0.2) is 14.2 Å². The third-order valence-corrected chi connectivity index (χ3v) is 4.39. The fourth-order valence-corrected chi connectivity index (χ4v) is 3.36. The Bertz CT molecular complexity index is 499. The molecule has 0 spiro atoms. The Balaban J connectivity index is 3.02. The molecular weight excluding hydrogens is 234 g/mol. The Hall–Kier alpha value is -1.03. The molecule has 0 unspecified atom stereocenters. The van der Waals surface area contributed by atoms with E-state index in [0.717, 1.165) is 5.56 Å². The Morgan fingerprint density at radius 2 is 1.82 bits per heavy atom. The van der Waals surface area contributed by atoms with Crippen molar-refractivity contribution in [2.24, 2.45) is 5.41 Å². The van der Waals surface area contributed by atoms with Crippen molar-refractivity contribution < 1.29 is 8.42 Å². The van der Waals surface area contributed by atoms with Crippen molar-refractivity contribution in [1.82, 2.24) is 0 Å². The second-order valence-corrected chi connectivity index (χ2v) is 7.75. The molecule has 0 saturated carbocycles. The summed E-state index contributed by atoms with van der Waals surface area (Å²) in [5.41, 5.74) is 6.99. The first-order valence-corrected chi connectivity index (χ1v) is 7.36. The minimum absolute atomic E-state index is 0.00561. The first-order chi connectivity index (χ1) is 7.62. The normalized spacial score (nSPS) is 12.7. The summed E-state index contributed by atoms with van der Waals surface area (Å²) in [6.07, 6.45) is 0.628. The van der Waals surface area contributed by atoms with Crippen LogP contribution in [0, 0.1) is 12.3 Å². The van der Waals surface area contributed by atoms with Gasteiger partial charge in [-0.3, -0.25) is 0 Å². The average molecular weight is 255 g/mol. The van der Waals surface area contributed by atoms with Crippen LogP contribution >= 0.6 is 0 Å². The molecule has 96 valence electrons. The standard InChI is InChI=1S/C13H21NO2S/c1-10-5-6-11(14)12(9-10)17(15,16)8-7-13(2,3)4/h5-6,9H,7-8,14H2,1-4H3. The highest BCUT2D eigenvalue weighted by Crippen LogP contribution is 2.25. The Morgan fingerprint density at radius 1 is 1.24 bits per heavy atom. The zero-order chi connectivity index (χ0) is 13.3. The Morgan fingerprint density at radius 3 is 2.35 bits per heavy atom. The first kappa shape index (κ1) is 14.0. The predicted octanol–water partition coefficient (Wildman–Crippen LogP) is 2.79. The molecule has 1 aromatic rings. The molecule has 0 aliphatic rings. The summed E-state index contributed by atoms with van der Waals surface area (Å²) >= 11 is 0. The van der Waals surface area contributed by atoms with Gasteiger partial charge < -0.3 is 5.73 Å². The van der Waals surface area contributed by atoms with Gasteiger partial charge in [0.1, 0.15) is 0 Å². The lowest BCUT2D eigenvalue weighted by molar-refractivity contribution is 0.397. The second kappa shape index (κ2) is 4.69. The molecule has 0 aliphatic carbocycles. The number of nitrogens with two attached hydrogens (primary N) is 1. The number of sulfone groups is 1. The fraction of sp³-hybridized carbons (Fsp3) is 0.538. The Kier molecular flexibility index (Phi) is 3.87. The number of rotatable bonds is 3. The summed E-state index contributed by atoms with van der Waals surface area (Å²) in [6.45, 7) is 7.95. The molecule has 0 radical (unpaired) electrons. The van der Waals surface area contributed by atoms with Crippen LogP contribution in [0.25, 0.3) is 0 Å². The van der Waals surface area contributed by atoms with E-state index >= 15 is 0 Å². The first-order valence-electron chi connectivity index (χ1n) is 5.71. The number of benzene rings is 1. The van der Waals surface area contributed by atoms with Crippen molar-refractivity contribution in [1.29, 1.82) is 0 Å². The molecular formula is C13H21NO2S. The maximum Gasteiger partial charge on any atom is 0.180 e. The lowest BCUT2D eigenvalue weighted by Gasteiger charge is -2.18. The van der Waals surface area contributed by atoms with Gasteiger partial charge in [0.15, 0.2) is 9.84 Å². The van der Waals surface area contributed by atoms with Gasteiger partial charge in [-0.2, -0.15) is 0 Å². The fourth-order valence-electron chi connectivity index (χ4n) is 1.46. The summed E-state index contributed by atoms with van der Waals surface area (Å²) in [4.78, 5) is 0.266. The molecule has 0 atom stereocenters.